The van der Waals surface area contributed by atoms with E-state index in [-0.39, 0.29) is 5.97 Å². The normalized spacial score (nSPS) is 15.2. The van der Waals surface area contributed by atoms with E-state index in [1.807, 2.05) is 7.05 Å². The van der Waals surface area contributed by atoms with E-state index in [2.05, 4.69) is 25.7 Å². The maximum atomic E-state index is 11.3. The first kappa shape index (κ1) is 15.4. The maximum absolute atomic E-state index is 11.3. The van der Waals surface area contributed by atoms with Crippen LogP contribution in [0.3, 0.4) is 0 Å². The number of carbonyl (C=O) groups excluding carboxylic acids is 1. The predicted octanol–water partition coefficient (Wildman–Crippen LogP) is 1.24. The summed E-state index contributed by atoms with van der Waals surface area (Å²) in [5, 5.41) is 0. The fourth-order valence-electron chi connectivity index (χ4n) is 1.68. The minimum atomic E-state index is -0.542. The molecule has 0 aliphatic carbocycles. The molecule has 4 nitrogen and oxygen atoms in total. The van der Waals surface area contributed by atoms with E-state index in [4.69, 9.17) is 10.5 Å². The molecule has 2 unspecified atom stereocenters. The highest BCUT2D eigenvalue weighted by Gasteiger charge is 2.19. The van der Waals surface area contributed by atoms with Crippen molar-refractivity contribution in [3.05, 3.63) is 0 Å². The van der Waals surface area contributed by atoms with Crippen LogP contribution in [0.25, 0.3) is 0 Å². The third-order valence-electron chi connectivity index (χ3n) is 2.64. The molecule has 2 atom stereocenters. The van der Waals surface area contributed by atoms with Gasteiger partial charge >= 0.3 is 5.97 Å². The number of ether oxygens (including phenoxy) is 1. The molecule has 0 heterocycles. The molecule has 0 saturated heterocycles. The summed E-state index contributed by atoms with van der Waals surface area (Å²) in [6.45, 7) is 9.25. The van der Waals surface area contributed by atoms with Gasteiger partial charge in [-0.2, -0.15) is 0 Å². The van der Waals surface area contributed by atoms with Crippen LogP contribution in [0.2, 0.25) is 0 Å². The Morgan fingerprint density at radius 1 is 1.38 bits per heavy atom. The Balaban J connectivity index is 4.02. The zero-order valence-corrected chi connectivity index (χ0v) is 11.2. The average Bonchev–Trinajstić information content (AvgIpc) is 2.16. The fraction of sp³-hybridized carbons (Fsp3) is 0.917. The average molecular weight is 230 g/mol. The molecular weight excluding hydrogens is 204 g/mol. The molecule has 0 fully saturated rings. The van der Waals surface area contributed by atoms with E-state index in [0.717, 1.165) is 6.42 Å². The number of rotatable bonds is 7. The standard InChI is InChI=1S/C12H26N2O2/c1-6-16-12(15)11(13)8-14(5)10(4)7-9(2)3/h9-11H,6-8,13H2,1-5H3. The number of likely N-dealkylation sites (N-methyl/N-ethyl adjacent to an activating group) is 1. The summed E-state index contributed by atoms with van der Waals surface area (Å²) < 4.78 is 4.87. The summed E-state index contributed by atoms with van der Waals surface area (Å²) in [7, 11) is 1.99. The van der Waals surface area contributed by atoms with Crippen LogP contribution < -0.4 is 5.73 Å². The zero-order valence-electron chi connectivity index (χ0n) is 11.2. The summed E-state index contributed by atoms with van der Waals surface area (Å²) in [4.78, 5) is 13.5. The van der Waals surface area contributed by atoms with Gasteiger partial charge in [-0.25, -0.2) is 0 Å². The maximum Gasteiger partial charge on any atom is 0.324 e. The molecule has 0 saturated carbocycles. The van der Waals surface area contributed by atoms with Crippen LogP contribution in [-0.2, 0) is 9.53 Å². The molecule has 0 aromatic rings. The Bertz CT molecular complexity index is 207. The van der Waals surface area contributed by atoms with Crippen molar-refractivity contribution in [1.29, 1.82) is 0 Å². The van der Waals surface area contributed by atoms with Gasteiger partial charge in [0, 0.05) is 12.6 Å². The van der Waals surface area contributed by atoms with Crippen LogP contribution in [0, 0.1) is 5.92 Å². The fourth-order valence-corrected chi connectivity index (χ4v) is 1.68. The van der Waals surface area contributed by atoms with E-state index in [1.54, 1.807) is 6.92 Å². The highest BCUT2D eigenvalue weighted by atomic mass is 16.5. The van der Waals surface area contributed by atoms with Crippen molar-refractivity contribution in [3.63, 3.8) is 0 Å². The number of carbonyl (C=O) groups is 1. The van der Waals surface area contributed by atoms with Crippen LogP contribution in [-0.4, -0.2) is 43.2 Å². The van der Waals surface area contributed by atoms with Crippen molar-refractivity contribution in [2.45, 2.75) is 46.2 Å². The summed E-state index contributed by atoms with van der Waals surface area (Å²) in [5.41, 5.74) is 5.76. The van der Waals surface area contributed by atoms with E-state index < -0.39 is 6.04 Å². The second kappa shape index (κ2) is 7.63. The van der Waals surface area contributed by atoms with Gasteiger partial charge in [-0.3, -0.25) is 4.79 Å². The molecular formula is C12H26N2O2. The van der Waals surface area contributed by atoms with E-state index in [1.165, 1.54) is 0 Å². The second-order valence-electron chi connectivity index (χ2n) is 4.78. The van der Waals surface area contributed by atoms with E-state index in [9.17, 15) is 4.79 Å². The molecule has 4 heteroatoms. The molecule has 0 aliphatic rings. The minimum Gasteiger partial charge on any atom is -0.465 e. The lowest BCUT2D eigenvalue weighted by molar-refractivity contribution is -0.145. The van der Waals surface area contributed by atoms with E-state index in [0.29, 0.717) is 25.1 Å². The van der Waals surface area contributed by atoms with Gasteiger partial charge in [-0.05, 0) is 33.2 Å². The van der Waals surface area contributed by atoms with Crippen molar-refractivity contribution in [1.82, 2.24) is 4.90 Å². The van der Waals surface area contributed by atoms with Crippen molar-refractivity contribution < 1.29 is 9.53 Å². The zero-order chi connectivity index (χ0) is 12.7. The molecule has 0 aliphatic heterocycles. The number of esters is 1. The van der Waals surface area contributed by atoms with Crippen LogP contribution in [0.5, 0.6) is 0 Å². The molecule has 96 valence electrons. The third kappa shape index (κ3) is 6.08. The molecule has 0 amide bonds. The van der Waals surface area contributed by atoms with Crippen LogP contribution >= 0.6 is 0 Å². The molecule has 0 spiro atoms. The number of nitrogens with two attached hydrogens (primary N) is 1. The number of hydrogen-bond acceptors (Lipinski definition) is 4. The summed E-state index contributed by atoms with van der Waals surface area (Å²) in [6, 6.07) is -0.111. The quantitative estimate of drug-likeness (QED) is 0.669. The Kier molecular flexibility index (Phi) is 7.34. The Morgan fingerprint density at radius 3 is 2.38 bits per heavy atom. The van der Waals surface area contributed by atoms with E-state index >= 15 is 0 Å². The van der Waals surface area contributed by atoms with Crippen molar-refractivity contribution >= 4 is 5.97 Å². The first-order valence-electron chi connectivity index (χ1n) is 6.00. The van der Waals surface area contributed by atoms with Gasteiger partial charge in [-0.1, -0.05) is 13.8 Å². The lowest BCUT2D eigenvalue weighted by Crippen LogP contribution is -2.45. The van der Waals surface area contributed by atoms with Crippen molar-refractivity contribution in [2.24, 2.45) is 11.7 Å². The molecule has 0 rings (SSSR count). The van der Waals surface area contributed by atoms with Gasteiger partial charge in [0.2, 0.25) is 0 Å². The third-order valence-corrected chi connectivity index (χ3v) is 2.64. The highest BCUT2D eigenvalue weighted by molar-refractivity contribution is 5.75. The largest absolute Gasteiger partial charge is 0.465 e. The Labute approximate surface area is 99.1 Å². The Morgan fingerprint density at radius 2 is 1.94 bits per heavy atom. The number of hydrogen-bond donors (Lipinski definition) is 1. The van der Waals surface area contributed by atoms with Gasteiger partial charge in [0.05, 0.1) is 6.61 Å². The van der Waals surface area contributed by atoms with Crippen LogP contribution in [0.15, 0.2) is 0 Å². The van der Waals surface area contributed by atoms with Crippen molar-refractivity contribution in [2.75, 3.05) is 20.2 Å². The molecule has 0 bridgehead atoms. The van der Waals surface area contributed by atoms with Gasteiger partial charge < -0.3 is 15.4 Å². The van der Waals surface area contributed by atoms with Crippen LogP contribution in [0.1, 0.15) is 34.1 Å². The second-order valence-corrected chi connectivity index (χ2v) is 4.78. The molecule has 0 radical (unpaired) electrons. The molecule has 0 aromatic heterocycles. The summed E-state index contributed by atoms with van der Waals surface area (Å²) in [5.74, 6) is 0.336. The molecule has 16 heavy (non-hydrogen) atoms. The highest BCUT2D eigenvalue weighted by Crippen LogP contribution is 2.09. The van der Waals surface area contributed by atoms with Crippen molar-refractivity contribution in [3.8, 4) is 0 Å². The topological polar surface area (TPSA) is 55.6 Å². The smallest absolute Gasteiger partial charge is 0.324 e. The Hall–Kier alpha value is -0.610. The van der Waals surface area contributed by atoms with Gasteiger partial charge in [-0.15, -0.1) is 0 Å². The first-order chi connectivity index (χ1) is 7.38. The SMILES string of the molecule is CCOC(=O)C(N)CN(C)C(C)CC(C)C. The lowest BCUT2D eigenvalue weighted by Gasteiger charge is -2.27. The monoisotopic (exact) mass is 230 g/mol. The van der Waals surface area contributed by atoms with Gasteiger partial charge in [0.25, 0.3) is 0 Å². The molecule has 2 N–H and O–H groups in total. The first-order valence-corrected chi connectivity index (χ1v) is 6.00. The molecule has 0 aromatic carbocycles. The summed E-state index contributed by atoms with van der Waals surface area (Å²) >= 11 is 0. The van der Waals surface area contributed by atoms with Gasteiger partial charge in [0.15, 0.2) is 0 Å². The van der Waals surface area contributed by atoms with Gasteiger partial charge in [0.1, 0.15) is 6.04 Å². The predicted molar refractivity (Wildman–Crippen MR) is 66.2 cm³/mol. The number of nitrogens with zero attached hydrogens (tertiary/aromatic N) is 1. The van der Waals surface area contributed by atoms with Crippen LogP contribution in [0.4, 0.5) is 0 Å². The minimum absolute atomic E-state index is 0.314. The summed E-state index contributed by atoms with van der Waals surface area (Å²) in [6.07, 6.45) is 1.10. The lowest BCUT2D eigenvalue weighted by atomic mass is 10.0.